The molecule has 13 heteroatoms. The Kier molecular flexibility index (Phi) is 7.71. The van der Waals surface area contributed by atoms with Gasteiger partial charge in [0, 0.05) is 18.4 Å². The molecule has 1 aliphatic rings. The summed E-state index contributed by atoms with van der Waals surface area (Å²) in [6, 6.07) is 7.39. The topological polar surface area (TPSA) is 46.2 Å². The summed E-state index contributed by atoms with van der Waals surface area (Å²) in [7, 11) is 0. The molecule has 1 saturated carbocycles. The van der Waals surface area contributed by atoms with Gasteiger partial charge >= 0.3 is 6.18 Å². The van der Waals surface area contributed by atoms with Crippen molar-refractivity contribution in [2.45, 2.75) is 22.8 Å². The number of carbonyl (C=O) groups excluding carboxylic acids is 2. The van der Waals surface area contributed by atoms with Crippen LogP contribution >= 0.6 is 46.4 Å². The van der Waals surface area contributed by atoms with Crippen molar-refractivity contribution in [2.24, 2.45) is 5.92 Å². The number of hydrogen-bond acceptors (Lipinski definition) is 2. The minimum atomic E-state index is -4.83. The minimum Gasteiger partial charge on any atom is -0.319 e. The first-order valence-electron chi connectivity index (χ1n) is 10.6. The van der Waals surface area contributed by atoms with Crippen molar-refractivity contribution in [2.75, 3.05) is 5.32 Å². The van der Waals surface area contributed by atoms with Gasteiger partial charge in [0.1, 0.15) is 27.6 Å². The summed E-state index contributed by atoms with van der Waals surface area (Å²) < 4.78 is 79.4. The van der Waals surface area contributed by atoms with E-state index in [-0.39, 0.29) is 28.3 Å². The highest BCUT2D eigenvalue weighted by Gasteiger charge is 2.67. The number of hydrogen-bond donors (Lipinski definition) is 1. The number of Topliss-reactive ketones (excluding diaryl/α,β-unsaturated/α-hetero) is 1. The largest absolute Gasteiger partial charge is 0.416 e. The van der Waals surface area contributed by atoms with Gasteiger partial charge in [-0.15, -0.1) is 23.2 Å². The van der Waals surface area contributed by atoms with Crippen LogP contribution < -0.4 is 5.32 Å². The van der Waals surface area contributed by atoms with Crippen LogP contribution in [0, 0.1) is 23.4 Å². The maximum Gasteiger partial charge on any atom is 0.416 e. The summed E-state index contributed by atoms with van der Waals surface area (Å²) >= 11 is 24.1. The lowest BCUT2D eigenvalue weighted by atomic mass is 9.99. The molecule has 0 aliphatic heterocycles. The fourth-order valence-corrected chi connectivity index (χ4v) is 5.35. The van der Waals surface area contributed by atoms with Crippen molar-refractivity contribution in [3.63, 3.8) is 0 Å². The molecule has 0 spiro atoms. The van der Waals surface area contributed by atoms with Gasteiger partial charge in [0.05, 0.1) is 32.8 Å². The third kappa shape index (κ3) is 5.61. The van der Waals surface area contributed by atoms with Gasteiger partial charge in [-0.05, 0) is 47.5 Å². The molecule has 0 heterocycles. The Hall–Kier alpha value is -2.46. The van der Waals surface area contributed by atoms with Crippen LogP contribution in [0.4, 0.5) is 32.0 Å². The average Bonchev–Trinajstić information content (AvgIpc) is 3.39. The number of ketones is 1. The first kappa shape index (κ1) is 28.5. The van der Waals surface area contributed by atoms with Crippen LogP contribution in [-0.2, 0) is 17.4 Å². The molecule has 1 fully saturated rings. The van der Waals surface area contributed by atoms with E-state index >= 15 is 0 Å². The number of halogens is 10. The molecule has 0 saturated heterocycles. The van der Waals surface area contributed by atoms with Crippen LogP contribution in [0.2, 0.25) is 10.0 Å². The van der Waals surface area contributed by atoms with Gasteiger partial charge in [-0.3, -0.25) is 9.59 Å². The Balaban J connectivity index is 1.56. The molecule has 2 atom stereocenters. The maximum absolute atomic E-state index is 14.6. The van der Waals surface area contributed by atoms with E-state index in [0.29, 0.717) is 18.2 Å². The zero-order chi connectivity index (χ0) is 28.2. The molecule has 3 aromatic carbocycles. The Labute approximate surface area is 231 Å². The quantitative estimate of drug-likeness (QED) is 0.224. The van der Waals surface area contributed by atoms with Crippen LogP contribution in [0.3, 0.4) is 0 Å². The number of carbonyl (C=O) groups is 2. The summed E-state index contributed by atoms with van der Waals surface area (Å²) in [4.78, 5) is 25.7. The number of alkyl halides is 5. The molecule has 1 aliphatic carbocycles. The Morgan fingerprint density at radius 3 is 2.24 bits per heavy atom. The maximum atomic E-state index is 14.6. The summed E-state index contributed by atoms with van der Waals surface area (Å²) in [6.07, 6.45) is -5.22. The van der Waals surface area contributed by atoms with E-state index in [1.165, 1.54) is 18.2 Å². The third-order valence-electron chi connectivity index (χ3n) is 5.95. The normalized spacial score (nSPS) is 18.3. The van der Waals surface area contributed by atoms with Crippen molar-refractivity contribution in [1.82, 2.24) is 0 Å². The second kappa shape index (κ2) is 10.3. The van der Waals surface area contributed by atoms with Gasteiger partial charge in [0.25, 0.3) is 5.91 Å². The fraction of sp³-hybridized carbons (Fsp3) is 0.200. The summed E-state index contributed by atoms with van der Waals surface area (Å²) in [5.74, 6) is -7.14. The molecule has 0 radical (unpaired) electrons. The summed E-state index contributed by atoms with van der Waals surface area (Å²) in [5.41, 5.74) is -2.00. The van der Waals surface area contributed by atoms with Gasteiger partial charge in [-0.1, -0.05) is 29.3 Å². The van der Waals surface area contributed by atoms with Crippen molar-refractivity contribution < 1.29 is 35.9 Å². The molecule has 4 rings (SSSR count). The molecule has 38 heavy (non-hydrogen) atoms. The van der Waals surface area contributed by atoms with Crippen molar-refractivity contribution in [1.29, 1.82) is 0 Å². The standard InChI is InChI=1S/C25H13Cl4F6NO2/c26-15-3-1-10(5-13(15)23(38)36-18-4-2-12(30)9-17(18)31)6-19(37)21-20(24(21,28)29)14-7-11(25(33,34)35)8-16(27)22(14)32/h1-5,7-9,20-21H,6H2,(H,36,38). The number of rotatable bonds is 6. The van der Waals surface area contributed by atoms with E-state index in [9.17, 15) is 35.9 Å². The molecule has 1 amide bonds. The smallest absolute Gasteiger partial charge is 0.319 e. The highest BCUT2D eigenvalue weighted by atomic mass is 35.5. The lowest BCUT2D eigenvalue weighted by Gasteiger charge is -2.11. The van der Waals surface area contributed by atoms with Gasteiger partial charge in [0.2, 0.25) is 0 Å². The van der Waals surface area contributed by atoms with E-state index in [4.69, 9.17) is 46.4 Å². The molecule has 2 unspecified atom stereocenters. The molecular weight excluding hydrogens is 602 g/mol. The monoisotopic (exact) mass is 613 g/mol. The first-order chi connectivity index (χ1) is 17.6. The third-order valence-corrected chi connectivity index (χ3v) is 7.50. The van der Waals surface area contributed by atoms with E-state index < -0.39 is 67.6 Å². The van der Waals surface area contributed by atoms with E-state index in [2.05, 4.69) is 5.32 Å². The van der Waals surface area contributed by atoms with Gasteiger partial charge in [-0.25, -0.2) is 13.2 Å². The van der Waals surface area contributed by atoms with Crippen molar-refractivity contribution in [3.05, 3.63) is 98.3 Å². The summed E-state index contributed by atoms with van der Waals surface area (Å²) in [5, 5.41) is 1.39. The number of amides is 1. The Bertz CT molecular complexity index is 1460. The molecular formula is C25H13Cl4F6NO2. The van der Waals surface area contributed by atoms with Gasteiger partial charge in [-0.2, -0.15) is 13.2 Å². The fourth-order valence-electron chi connectivity index (χ4n) is 4.06. The Morgan fingerprint density at radius 2 is 1.61 bits per heavy atom. The van der Waals surface area contributed by atoms with Crippen LogP contribution in [0.25, 0.3) is 0 Å². The zero-order valence-corrected chi connectivity index (χ0v) is 21.6. The van der Waals surface area contributed by atoms with Crippen LogP contribution in [-0.4, -0.2) is 16.0 Å². The highest BCUT2D eigenvalue weighted by Crippen LogP contribution is 2.66. The SMILES string of the molecule is O=C(Nc1ccc(F)cc1F)c1cc(CC(=O)C2C(c3cc(C(F)(F)F)cc(Cl)c3F)C2(Cl)Cl)ccc1Cl. The van der Waals surface area contributed by atoms with Crippen LogP contribution in [0.1, 0.15) is 33.0 Å². The molecule has 0 bridgehead atoms. The first-order valence-corrected chi connectivity index (χ1v) is 12.1. The second-order valence-electron chi connectivity index (χ2n) is 8.52. The van der Waals surface area contributed by atoms with Crippen molar-refractivity contribution >= 4 is 63.8 Å². The second-order valence-corrected chi connectivity index (χ2v) is 10.8. The summed E-state index contributed by atoms with van der Waals surface area (Å²) in [6.45, 7) is 0. The van der Waals surface area contributed by atoms with E-state index in [0.717, 1.165) is 12.1 Å². The predicted molar refractivity (Wildman–Crippen MR) is 132 cm³/mol. The molecule has 3 aromatic rings. The molecule has 0 aromatic heterocycles. The van der Waals surface area contributed by atoms with Crippen molar-refractivity contribution in [3.8, 4) is 0 Å². The van der Waals surface area contributed by atoms with E-state index in [1.54, 1.807) is 0 Å². The number of benzene rings is 3. The highest BCUT2D eigenvalue weighted by molar-refractivity contribution is 6.53. The Morgan fingerprint density at radius 1 is 0.921 bits per heavy atom. The minimum absolute atomic E-state index is 0.0461. The lowest BCUT2D eigenvalue weighted by molar-refractivity contribution is -0.137. The number of nitrogens with one attached hydrogen (secondary N) is 1. The van der Waals surface area contributed by atoms with Crippen LogP contribution in [0.15, 0.2) is 48.5 Å². The lowest BCUT2D eigenvalue weighted by Crippen LogP contribution is -2.15. The van der Waals surface area contributed by atoms with Gasteiger partial charge < -0.3 is 5.32 Å². The average molecular weight is 615 g/mol. The molecule has 1 N–H and O–H groups in total. The predicted octanol–water partition coefficient (Wildman–Crippen LogP) is 8.38. The zero-order valence-electron chi connectivity index (χ0n) is 18.6. The van der Waals surface area contributed by atoms with Gasteiger partial charge in [0.15, 0.2) is 0 Å². The molecule has 200 valence electrons. The van der Waals surface area contributed by atoms with E-state index in [1.807, 2.05) is 0 Å². The number of anilines is 1. The van der Waals surface area contributed by atoms with Crippen LogP contribution in [0.5, 0.6) is 0 Å². The molecule has 3 nitrogen and oxygen atoms in total.